The summed E-state index contributed by atoms with van der Waals surface area (Å²) < 4.78 is 13.0. The lowest BCUT2D eigenvalue weighted by Gasteiger charge is -2.01. The third-order valence-electron chi connectivity index (χ3n) is 1.51. The molecule has 1 rings (SSSR count). The summed E-state index contributed by atoms with van der Waals surface area (Å²) >= 11 is 2.83. The van der Waals surface area contributed by atoms with E-state index in [1.54, 1.807) is 0 Å². The van der Waals surface area contributed by atoms with Crippen LogP contribution in [0.5, 0.6) is 0 Å². The monoisotopic (exact) mass is 262 g/mol. The van der Waals surface area contributed by atoms with Crippen LogP contribution < -0.4 is 5.73 Å². The molecule has 0 spiro atoms. The number of hydrogen-bond donors (Lipinski definition) is 1. The highest BCUT2D eigenvalue weighted by atomic mass is 79.9. The van der Waals surface area contributed by atoms with E-state index in [1.165, 1.54) is 0 Å². The van der Waals surface area contributed by atoms with E-state index in [0.717, 1.165) is 12.1 Å². The van der Waals surface area contributed by atoms with Gasteiger partial charge in [0.25, 0.3) is 11.6 Å². The molecule has 0 bridgehead atoms. The average Bonchev–Trinajstić information content (AvgIpc) is 2.07. The maximum atomic E-state index is 13.0. The van der Waals surface area contributed by atoms with Gasteiger partial charge in [0.05, 0.1) is 9.40 Å². The van der Waals surface area contributed by atoms with E-state index in [0.29, 0.717) is 0 Å². The SMILES string of the molecule is NC(=O)c1c(F)ccc(Br)c1[N+](=O)[O-]. The second-order valence-electron chi connectivity index (χ2n) is 2.37. The Hall–Kier alpha value is -1.50. The van der Waals surface area contributed by atoms with Crippen LogP contribution in [0.1, 0.15) is 10.4 Å². The van der Waals surface area contributed by atoms with Gasteiger partial charge >= 0.3 is 0 Å². The van der Waals surface area contributed by atoms with Crippen molar-refractivity contribution in [1.29, 1.82) is 0 Å². The Bertz CT molecular complexity index is 383. The Balaban J connectivity index is 3.58. The van der Waals surface area contributed by atoms with Crippen molar-refractivity contribution < 1.29 is 14.1 Å². The van der Waals surface area contributed by atoms with E-state index < -0.39 is 27.9 Å². The van der Waals surface area contributed by atoms with Crippen molar-refractivity contribution in [2.45, 2.75) is 0 Å². The summed E-state index contributed by atoms with van der Waals surface area (Å²) in [6.07, 6.45) is 0. The van der Waals surface area contributed by atoms with Crippen molar-refractivity contribution >= 4 is 27.5 Å². The molecule has 74 valence electrons. The highest BCUT2D eigenvalue weighted by Crippen LogP contribution is 2.30. The Kier molecular flexibility index (Phi) is 2.80. The van der Waals surface area contributed by atoms with Crippen molar-refractivity contribution in [3.8, 4) is 0 Å². The van der Waals surface area contributed by atoms with Gasteiger partial charge in [0.15, 0.2) is 5.56 Å². The first kappa shape index (κ1) is 10.6. The molecule has 0 aliphatic rings. The molecular weight excluding hydrogens is 259 g/mol. The van der Waals surface area contributed by atoms with Gasteiger partial charge in [0.1, 0.15) is 5.82 Å². The number of nitro benzene ring substituents is 1. The molecule has 0 aliphatic carbocycles. The Morgan fingerprint density at radius 2 is 2.14 bits per heavy atom. The van der Waals surface area contributed by atoms with Crippen LogP contribution in [0.3, 0.4) is 0 Å². The molecule has 2 N–H and O–H groups in total. The second kappa shape index (κ2) is 3.70. The third-order valence-corrected chi connectivity index (χ3v) is 2.15. The van der Waals surface area contributed by atoms with Crippen LogP contribution in [0.4, 0.5) is 10.1 Å². The lowest BCUT2D eigenvalue weighted by Crippen LogP contribution is -2.15. The molecule has 1 aromatic rings. The molecule has 5 nitrogen and oxygen atoms in total. The minimum Gasteiger partial charge on any atom is -0.365 e. The first-order valence-corrected chi connectivity index (χ1v) is 4.16. The van der Waals surface area contributed by atoms with Crippen LogP contribution in [-0.4, -0.2) is 10.8 Å². The van der Waals surface area contributed by atoms with Gasteiger partial charge in [-0.2, -0.15) is 0 Å². The molecule has 7 heteroatoms. The molecule has 0 unspecified atom stereocenters. The summed E-state index contributed by atoms with van der Waals surface area (Å²) in [6, 6.07) is 2.07. The number of benzene rings is 1. The van der Waals surface area contributed by atoms with E-state index in [9.17, 15) is 19.3 Å². The molecule has 0 aromatic heterocycles. The lowest BCUT2D eigenvalue weighted by atomic mass is 10.1. The zero-order chi connectivity index (χ0) is 10.9. The molecule has 0 atom stereocenters. The highest BCUT2D eigenvalue weighted by molar-refractivity contribution is 9.10. The van der Waals surface area contributed by atoms with E-state index in [-0.39, 0.29) is 4.47 Å². The van der Waals surface area contributed by atoms with Gasteiger partial charge in [-0.3, -0.25) is 14.9 Å². The molecule has 0 fully saturated rings. The van der Waals surface area contributed by atoms with Gasteiger partial charge in [-0.1, -0.05) is 0 Å². The van der Waals surface area contributed by atoms with Crippen molar-refractivity contribution in [1.82, 2.24) is 0 Å². The van der Waals surface area contributed by atoms with Crippen LogP contribution in [0.15, 0.2) is 16.6 Å². The van der Waals surface area contributed by atoms with Gasteiger partial charge in [0.2, 0.25) is 0 Å². The number of amides is 1. The van der Waals surface area contributed by atoms with Gasteiger partial charge in [-0.15, -0.1) is 0 Å². The largest absolute Gasteiger partial charge is 0.365 e. The zero-order valence-corrected chi connectivity index (χ0v) is 8.25. The number of hydrogen-bond acceptors (Lipinski definition) is 3. The average molecular weight is 263 g/mol. The van der Waals surface area contributed by atoms with Gasteiger partial charge in [-0.25, -0.2) is 4.39 Å². The standard InChI is InChI=1S/C7H4BrFN2O3/c8-3-1-2-4(9)5(7(10)12)6(3)11(13)14/h1-2H,(H2,10,12). The molecule has 0 radical (unpaired) electrons. The van der Waals surface area contributed by atoms with E-state index in [1.807, 2.05) is 0 Å². The van der Waals surface area contributed by atoms with Crippen LogP contribution >= 0.6 is 15.9 Å². The highest BCUT2D eigenvalue weighted by Gasteiger charge is 2.25. The van der Waals surface area contributed by atoms with Crippen molar-refractivity contribution in [3.05, 3.63) is 38.1 Å². The summed E-state index contributed by atoms with van der Waals surface area (Å²) in [4.78, 5) is 20.4. The Morgan fingerprint density at radius 3 is 2.50 bits per heavy atom. The molecule has 0 saturated heterocycles. The third kappa shape index (κ3) is 1.72. The second-order valence-corrected chi connectivity index (χ2v) is 3.23. The summed E-state index contributed by atoms with van der Waals surface area (Å²) in [7, 11) is 0. The molecule has 1 aromatic carbocycles. The minimum absolute atomic E-state index is 0.0118. The molecule has 0 heterocycles. The number of rotatable bonds is 2. The van der Waals surface area contributed by atoms with Crippen LogP contribution in [0.2, 0.25) is 0 Å². The fourth-order valence-electron chi connectivity index (χ4n) is 0.954. The summed E-state index contributed by atoms with van der Waals surface area (Å²) in [5, 5.41) is 10.5. The normalized spacial score (nSPS) is 9.86. The van der Waals surface area contributed by atoms with Crippen molar-refractivity contribution in [3.63, 3.8) is 0 Å². The number of nitrogens with two attached hydrogens (primary N) is 1. The molecule has 1 amide bonds. The van der Waals surface area contributed by atoms with Gasteiger partial charge in [0, 0.05) is 0 Å². The number of halogens is 2. The number of carbonyl (C=O) groups excluding carboxylic acids is 1. The zero-order valence-electron chi connectivity index (χ0n) is 6.66. The number of carbonyl (C=O) groups is 1. The molecule has 14 heavy (non-hydrogen) atoms. The van der Waals surface area contributed by atoms with E-state index in [2.05, 4.69) is 15.9 Å². The lowest BCUT2D eigenvalue weighted by molar-refractivity contribution is -0.386. The molecular formula is C7H4BrFN2O3. The summed E-state index contributed by atoms with van der Waals surface area (Å²) in [6.45, 7) is 0. The van der Waals surface area contributed by atoms with Crippen molar-refractivity contribution in [2.75, 3.05) is 0 Å². The first-order chi connectivity index (χ1) is 6.45. The molecule has 0 saturated carbocycles. The smallest absolute Gasteiger partial charge is 0.299 e. The fraction of sp³-hybridized carbons (Fsp3) is 0. The quantitative estimate of drug-likeness (QED) is 0.649. The van der Waals surface area contributed by atoms with Crippen molar-refractivity contribution in [2.24, 2.45) is 5.73 Å². The van der Waals surface area contributed by atoms with Gasteiger partial charge < -0.3 is 5.73 Å². The van der Waals surface area contributed by atoms with Gasteiger partial charge in [-0.05, 0) is 28.1 Å². The number of nitrogens with zero attached hydrogens (tertiary/aromatic N) is 1. The fourth-order valence-corrected chi connectivity index (χ4v) is 1.43. The minimum atomic E-state index is -1.17. The molecule has 0 aliphatic heterocycles. The maximum Gasteiger partial charge on any atom is 0.299 e. The van der Waals surface area contributed by atoms with E-state index in [4.69, 9.17) is 5.73 Å². The Labute approximate surface area is 86.0 Å². The topological polar surface area (TPSA) is 86.2 Å². The predicted octanol–water partition coefficient (Wildman–Crippen LogP) is 1.60. The van der Waals surface area contributed by atoms with Crippen LogP contribution in [-0.2, 0) is 0 Å². The summed E-state index contributed by atoms with van der Waals surface area (Å²) in [5.74, 6) is -2.18. The number of nitro groups is 1. The summed E-state index contributed by atoms with van der Waals surface area (Å²) in [5.41, 5.74) is 3.44. The Morgan fingerprint density at radius 1 is 1.57 bits per heavy atom. The first-order valence-electron chi connectivity index (χ1n) is 3.37. The van der Waals surface area contributed by atoms with Crippen LogP contribution in [0.25, 0.3) is 0 Å². The predicted molar refractivity (Wildman–Crippen MR) is 49.3 cm³/mol. The van der Waals surface area contributed by atoms with Crippen LogP contribution in [0, 0.1) is 15.9 Å². The number of primary amides is 1. The van der Waals surface area contributed by atoms with E-state index >= 15 is 0 Å². The maximum absolute atomic E-state index is 13.0.